The van der Waals surface area contributed by atoms with E-state index in [9.17, 15) is 4.57 Å². The third-order valence-corrected chi connectivity index (χ3v) is 5.35. The van der Waals surface area contributed by atoms with Gasteiger partial charge in [0.2, 0.25) is 0 Å². The molecule has 1 fully saturated rings. The summed E-state index contributed by atoms with van der Waals surface area (Å²) in [5, 5.41) is 1.06. The molecular weight excluding hydrogens is 313 g/mol. The number of rotatable bonds is 4. The van der Waals surface area contributed by atoms with Crippen LogP contribution in [0.15, 0.2) is 24.5 Å². The van der Waals surface area contributed by atoms with Crippen LogP contribution in [-0.4, -0.2) is 39.0 Å². The summed E-state index contributed by atoms with van der Waals surface area (Å²) < 4.78 is 11.0. The van der Waals surface area contributed by atoms with Gasteiger partial charge in [-0.3, -0.25) is 4.57 Å². The Kier molecular flexibility index (Phi) is 4.67. The number of piperidine rings is 1. The minimum atomic E-state index is -3.88. The largest absolute Gasteiger partial charge is 0.356 e. The van der Waals surface area contributed by atoms with Crippen LogP contribution in [0, 0.1) is 12.8 Å². The van der Waals surface area contributed by atoms with Crippen LogP contribution in [-0.2, 0) is 4.57 Å². The lowest BCUT2D eigenvalue weighted by atomic mass is 9.94. The van der Waals surface area contributed by atoms with Crippen LogP contribution in [0.25, 0.3) is 10.9 Å². The molecule has 2 heterocycles. The van der Waals surface area contributed by atoms with Crippen molar-refractivity contribution < 1.29 is 14.4 Å². The molecule has 1 aliphatic rings. The van der Waals surface area contributed by atoms with E-state index >= 15 is 0 Å². The molecule has 3 rings (SSSR count). The Morgan fingerprint density at radius 3 is 2.70 bits per heavy atom. The minimum Gasteiger partial charge on any atom is -0.356 e. The van der Waals surface area contributed by atoms with Crippen molar-refractivity contribution >= 4 is 24.3 Å². The molecule has 6 nitrogen and oxygen atoms in total. The number of anilines is 1. The first kappa shape index (κ1) is 16.4. The highest BCUT2D eigenvalue weighted by Gasteiger charge is 2.24. The van der Waals surface area contributed by atoms with E-state index in [0.717, 1.165) is 42.7 Å². The lowest BCUT2D eigenvalue weighted by Gasteiger charge is -2.33. The van der Waals surface area contributed by atoms with Gasteiger partial charge in [-0.15, -0.1) is 0 Å². The summed E-state index contributed by atoms with van der Waals surface area (Å²) in [7, 11) is -3.88. The predicted octanol–water partition coefficient (Wildman–Crippen LogP) is 2.72. The average molecular weight is 335 g/mol. The molecule has 0 bridgehead atoms. The summed E-state index contributed by atoms with van der Waals surface area (Å²) in [4.78, 5) is 29.1. The molecule has 0 spiro atoms. The second-order valence-corrected chi connectivity index (χ2v) is 8.10. The fourth-order valence-corrected chi connectivity index (χ4v) is 3.89. The highest BCUT2D eigenvalue weighted by atomic mass is 31.2. The summed E-state index contributed by atoms with van der Waals surface area (Å²) >= 11 is 0. The monoisotopic (exact) mass is 335 g/mol. The maximum Gasteiger partial charge on any atom is 0.325 e. The molecule has 1 saturated heterocycles. The molecule has 2 aromatic rings. The molecular formula is C16H22N3O3P. The standard InChI is InChI=1S/C16H22N3O3P/c1-12-2-3-14-15(10-12)17-11-18-16(14)19-7-4-13(5-8-19)6-9-23(20,21)22/h2-3,10-11,13H,4-9H2,1H3,(H2,20,21,22). The van der Waals surface area contributed by atoms with Crippen LogP contribution in [0.2, 0.25) is 0 Å². The first-order chi connectivity index (χ1) is 10.9. The number of nitrogens with zero attached hydrogens (tertiary/aromatic N) is 3. The minimum absolute atomic E-state index is 0.00657. The lowest BCUT2D eigenvalue weighted by Crippen LogP contribution is -2.34. The first-order valence-corrected chi connectivity index (χ1v) is 9.73. The molecule has 124 valence electrons. The van der Waals surface area contributed by atoms with Crippen LogP contribution < -0.4 is 4.90 Å². The second kappa shape index (κ2) is 6.56. The predicted molar refractivity (Wildman–Crippen MR) is 90.7 cm³/mol. The molecule has 0 radical (unpaired) electrons. The maximum absolute atomic E-state index is 11.0. The Hall–Kier alpha value is -1.49. The number of hydrogen-bond donors (Lipinski definition) is 2. The third kappa shape index (κ3) is 4.08. The molecule has 0 unspecified atom stereocenters. The van der Waals surface area contributed by atoms with Crippen LogP contribution in [0.3, 0.4) is 0 Å². The fraction of sp³-hybridized carbons (Fsp3) is 0.500. The molecule has 1 aromatic heterocycles. The normalized spacial score (nSPS) is 16.9. The van der Waals surface area contributed by atoms with E-state index in [1.165, 1.54) is 5.56 Å². The van der Waals surface area contributed by atoms with E-state index < -0.39 is 7.60 Å². The van der Waals surface area contributed by atoms with Crippen LogP contribution in [0.4, 0.5) is 5.82 Å². The van der Waals surface area contributed by atoms with Crippen LogP contribution >= 0.6 is 7.60 Å². The zero-order valence-electron chi connectivity index (χ0n) is 13.2. The Morgan fingerprint density at radius 1 is 1.26 bits per heavy atom. The van der Waals surface area contributed by atoms with Gasteiger partial charge >= 0.3 is 7.60 Å². The Labute approximate surface area is 135 Å². The van der Waals surface area contributed by atoms with Gasteiger partial charge in [0.15, 0.2) is 0 Å². The number of aromatic nitrogens is 2. The first-order valence-electron chi connectivity index (χ1n) is 7.93. The van der Waals surface area contributed by atoms with Crippen molar-refractivity contribution in [1.29, 1.82) is 0 Å². The summed E-state index contributed by atoms with van der Waals surface area (Å²) in [5.41, 5.74) is 2.14. The number of aryl methyl sites for hydroxylation is 1. The van der Waals surface area contributed by atoms with Crippen molar-refractivity contribution in [1.82, 2.24) is 9.97 Å². The quantitative estimate of drug-likeness (QED) is 0.836. The van der Waals surface area contributed by atoms with Crippen molar-refractivity contribution in [3.63, 3.8) is 0 Å². The van der Waals surface area contributed by atoms with E-state index in [2.05, 4.69) is 33.1 Å². The van der Waals surface area contributed by atoms with Crippen LogP contribution in [0.1, 0.15) is 24.8 Å². The van der Waals surface area contributed by atoms with Gasteiger partial charge in [-0.1, -0.05) is 6.07 Å². The van der Waals surface area contributed by atoms with E-state index in [4.69, 9.17) is 9.79 Å². The Bertz CT molecular complexity index is 738. The summed E-state index contributed by atoms with van der Waals surface area (Å²) in [6.45, 7) is 3.78. The van der Waals surface area contributed by atoms with E-state index in [-0.39, 0.29) is 6.16 Å². The molecule has 0 amide bonds. The highest BCUT2D eigenvalue weighted by Crippen LogP contribution is 2.38. The highest BCUT2D eigenvalue weighted by molar-refractivity contribution is 7.51. The summed E-state index contributed by atoms with van der Waals surface area (Å²) in [6, 6.07) is 6.20. The van der Waals surface area contributed by atoms with Crippen molar-refractivity contribution in [2.24, 2.45) is 5.92 Å². The number of benzene rings is 1. The van der Waals surface area contributed by atoms with Gasteiger partial charge in [-0.2, -0.15) is 0 Å². The molecule has 0 atom stereocenters. The molecule has 23 heavy (non-hydrogen) atoms. The molecule has 1 aromatic carbocycles. The molecule has 0 saturated carbocycles. The molecule has 7 heteroatoms. The molecule has 1 aliphatic heterocycles. The van der Waals surface area contributed by atoms with E-state index in [1.807, 2.05) is 6.92 Å². The van der Waals surface area contributed by atoms with E-state index in [1.54, 1.807) is 6.33 Å². The van der Waals surface area contributed by atoms with Gasteiger partial charge in [-0.25, -0.2) is 9.97 Å². The van der Waals surface area contributed by atoms with Crippen molar-refractivity contribution in [2.75, 3.05) is 24.2 Å². The number of fused-ring (bicyclic) bond motifs is 1. The van der Waals surface area contributed by atoms with Gasteiger partial charge in [0, 0.05) is 18.5 Å². The zero-order valence-corrected chi connectivity index (χ0v) is 14.1. The Morgan fingerprint density at radius 2 is 2.00 bits per heavy atom. The average Bonchev–Trinajstić information content (AvgIpc) is 2.52. The van der Waals surface area contributed by atoms with Gasteiger partial charge in [0.1, 0.15) is 12.1 Å². The van der Waals surface area contributed by atoms with Gasteiger partial charge in [-0.05, 0) is 49.8 Å². The summed E-state index contributed by atoms with van der Waals surface area (Å²) in [6.07, 6.45) is 4.08. The zero-order chi connectivity index (χ0) is 16.4. The SMILES string of the molecule is Cc1ccc2c(N3CCC(CCP(=O)(O)O)CC3)ncnc2c1. The molecule has 2 N–H and O–H groups in total. The van der Waals surface area contributed by atoms with Crippen molar-refractivity contribution in [3.8, 4) is 0 Å². The maximum atomic E-state index is 11.0. The Balaban J connectivity index is 1.69. The lowest BCUT2D eigenvalue weighted by molar-refractivity contribution is 0.350. The van der Waals surface area contributed by atoms with E-state index in [0.29, 0.717) is 12.3 Å². The number of hydrogen-bond acceptors (Lipinski definition) is 4. The fourth-order valence-electron chi connectivity index (χ4n) is 3.19. The third-order valence-electron chi connectivity index (χ3n) is 4.51. The van der Waals surface area contributed by atoms with Gasteiger partial charge < -0.3 is 14.7 Å². The van der Waals surface area contributed by atoms with Crippen LogP contribution in [0.5, 0.6) is 0 Å². The topological polar surface area (TPSA) is 86.6 Å². The smallest absolute Gasteiger partial charge is 0.325 e. The summed E-state index contributed by atoms with van der Waals surface area (Å²) in [5.74, 6) is 1.35. The van der Waals surface area contributed by atoms with Crippen molar-refractivity contribution in [2.45, 2.75) is 26.2 Å². The van der Waals surface area contributed by atoms with Gasteiger partial charge in [0.25, 0.3) is 0 Å². The second-order valence-electron chi connectivity index (χ2n) is 6.33. The van der Waals surface area contributed by atoms with Gasteiger partial charge in [0.05, 0.1) is 11.7 Å². The van der Waals surface area contributed by atoms with Crippen molar-refractivity contribution in [3.05, 3.63) is 30.1 Å². The molecule has 0 aliphatic carbocycles.